The fraction of sp³-hybridized carbons (Fsp3) is 0.273. The van der Waals surface area contributed by atoms with E-state index in [1.54, 1.807) is 0 Å². The number of hydrogen-bond donors (Lipinski definition) is 2. The van der Waals surface area contributed by atoms with E-state index in [9.17, 15) is 22.8 Å². The molecule has 110 valence electrons. The minimum absolute atomic E-state index is 0.0315. The molecule has 0 saturated carbocycles. The number of nitrogens with two attached hydrogens (primary N) is 1. The molecular formula is C11H11F3N2O4. The van der Waals surface area contributed by atoms with Gasteiger partial charge in [0.25, 0.3) is 0 Å². The van der Waals surface area contributed by atoms with E-state index >= 15 is 0 Å². The molecule has 0 radical (unpaired) electrons. The van der Waals surface area contributed by atoms with Crippen molar-refractivity contribution in [3.8, 4) is 5.75 Å². The van der Waals surface area contributed by atoms with Gasteiger partial charge < -0.3 is 15.2 Å². The third kappa shape index (κ3) is 4.67. The lowest BCUT2D eigenvalue weighted by molar-refractivity contribution is -0.159. The van der Waals surface area contributed by atoms with Crippen molar-refractivity contribution in [2.45, 2.75) is 6.18 Å². The van der Waals surface area contributed by atoms with Crippen LogP contribution in [0.2, 0.25) is 0 Å². The fourth-order valence-electron chi connectivity index (χ4n) is 1.25. The minimum atomic E-state index is -4.63. The van der Waals surface area contributed by atoms with E-state index in [0.717, 1.165) is 6.07 Å². The number of ether oxygens (including phenoxy) is 2. The second kappa shape index (κ2) is 6.13. The molecule has 1 aromatic carbocycles. The Hall–Kier alpha value is -2.45. The number of methoxy groups -OCH3 is 1. The van der Waals surface area contributed by atoms with Gasteiger partial charge in [0.15, 0.2) is 6.61 Å². The fourth-order valence-corrected chi connectivity index (χ4v) is 1.25. The summed E-state index contributed by atoms with van der Waals surface area (Å²) in [5.74, 6) is -0.627. The van der Waals surface area contributed by atoms with Crippen LogP contribution in [0.4, 0.5) is 23.7 Å². The van der Waals surface area contributed by atoms with Gasteiger partial charge in [0.2, 0.25) is 5.91 Å². The number of carbonyl (C=O) groups is 2. The first-order valence-corrected chi connectivity index (χ1v) is 5.21. The van der Waals surface area contributed by atoms with Gasteiger partial charge in [-0.3, -0.25) is 10.1 Å². The normalized spacial score (nSPS) is 10.8. The number of carbonyl (C=O) groups excluding carboxylic acids is 2. The molecule has 0 spiro atoms. The Morgan fingerprint density at radius 3 is 2.50 bits per heavy atom. The number of hydrogen-bond acceptors (Lipinski definition) is 4. The van der Waals surface area contributed by atoms with E-state index in [4.69, 9.17) is 10.5 Å². The van der Waals surface area contributed by atoms with E-state index in [-0.39, 0.29) is 17.0 Å². The Morgan fingerprint density at radius 1 is 1.35 bits per heavy atom. The van der Waals surface area contributed by atoms with Gasteiger partial charge >= 0.3 is 12.3 Å². The van der Waals surface area contributed by atoms with Crippen molar-refractivity contribution in [2.75, 3.05) is 19.0 Å². The van der Waals surface area contributed by atoms with Gasteiger partial charge in [0, 0.05) is 5.56 Å². The van der Waals surface area contributed by atoms with Crippen molar-refractivity contribution in [3.63, 3.8) is 0 Å². The van der Waals surface area contributed by atoms with Crippen LogP contribution < -0.4 is 15.8 Å². The number of alkyl halides is 3. The Labute approximate surface area is 111 Å². The summed E-state index contributed by atoms with van der Waals surface area (Å²) in [6.07, 6.45) is -5.96. The van der Waals surface area contributed by atoms with Crippen molar-refractivity contribution in [3.05, 3.63) is 23.8 Å². The first-order valence-electron chi connectivity index (χ1n) is 5.21. The van der Waals surface area contributed by atoms with E-state index < -0.39 is 24.8 Å². The zero-order chi connectivity index (χ0) is 15.3. The minimum Gasteiger partial charge on any atom is -0.495 e. The van der Waals surface area contributed by atoms with Gasteiger partial charge in [0.1, 0.15) is 5.75 Å². The van der Waals surface area contributed by atoms with Crippen LogP contribution in [0.15, 0.2) is 18.2 Å². The topological polar surface area (TPSA) is 90.6 Å². The molecular weight excluding hydrogens is 281 g/mol. The third-order valence-electron chi connectivity index (χ3n) is 2.09. The van der Waals surface area contributed by atoms with E-state index in [1.165, 1.54) is 19.2 Å². The molecule has 0 aliphatic carbocycles. The number of nitrogens with one attached hydrogen (secondary N) is 1. The summed E-state index contributed by atoms with van der Waals surface area (Å²) in [7, 11) is 1.28. The standard InChI is InChI=1S/C11H11F3N2O4/c1-19-8-3-2-6(9(15)17)4-7(8)16-10(18)20-5-11(12,13)14/h2-4H,5H2,1H3,(H2,15,17)(H,16,18). The number of benzene rings is 1. The summed E-state index contributed by atoms with van der Waals surface area (Å²) in [5.41, 5.74) is 5.07. The largest absolute Gasteiger partial charge is 0.495 e. The smallest absolute Gasteiger partial charge is 0.422 e. The molecule has 0 heterocycles. The molecule has 0 bridgehead atoms. The number of anilines is 1. The second-order valence-corrected chi connectivity index (χ2v) is 3.60. The average Bonchev–Trinajstić information content (AvgIpc) is 2.35. The summed E-state index contributed by atoms with van der Waals surface area (Å²) in [5, 5.41) is 2.04. The van der Waals surface area contributed by atoms with Crippen molar-refractivity contribution in [1.29, 1.82) is 0 Å². The zero-order valence-corrected chi connectivity index (χ0v) is 10.3. The molecule has 1 aromatic rings. The van der Waals surface area contributed by atoms with Gasteiger partial charge in [-0.25, -0.2) is 4.79 Å². The van der Waals surface area contributed by atoms with E-state index in [2.05, 4.69) is 4.74 Å². The highest BCUT2D eigenvalue weighted by Gasteiger charge is 2.29. The number of primary amides is 1. The highest BCUT2D eigenvalue weighted by molar-refractivity contribution is 5.96. The lowest BCUT2D eigenvalue weighted by Crippen LogP contribution is -2.23. The second-order valence-electron chi connectivity index (χ2n) is 3.60. The molecule has 0 fully saturated rings. The Bertz CT molecular complexity index is 517. The quantitative estimate of drug-likeness (QED) is 0.886. The van der Waals surface area contributed by atoms with Gasteiger partial charge in [-0.1, -0.05) is 0 Å². The van der Waals surface area contributed by atoms with Gasteiger partial charge in [-0.05, 0) is 18.2 Å². The van der Waals surface area contributed by atoms with Gasteiger partial charge in [0.05, 0.1) is 12.8 Å². The molecule has 3 N–H and O–H groups in total. The Kier molecular flexibility index (Phi) is 4.78. The molecule has 0 aromatic heterocycles. The van der Waals surface area contributed by atoms with Crippen LogP contribution >= 0.6 is 0 Å². The van der Waals surface area contributed by atoms with Crippen LogP contribution in [-0.4, -0.2) is 31.9 Å². The summed E-state index contributed by atoms with van der Waals surface area (Å²) in [6, 6.07) is 3.84. The summed E-state index contributed by atoms with van der Waals surface area (Å²) in [6.45, 7) is -1.73. The predicted molar refractivity (Wildman–Crippen MR) is 62.5 cm³/mol. The first kappa shape index (κ1) is 15.6. The molecule has 1 rings (SSSR count). The van der Waals surface area contributed by atoms with Crippen molar-refractivity contribution >= 4 is 17.7 Å². The predicted octanol–water partition coefficient (Wildman–Crippen LogP) is 1.90. The molecule has 0 saturated heterocycles. The van der Waals surface area contributed by atoms with E-state index in [1.807, 2.05) is 5.32 Å². The molecule has 2 amide bonds. The Morgan fingerprint density at radius 2 is 2.00 bits per heavy atom. The zero-order valence-electron chi connectivity index (χ0n) is 10.3. The highest BCUT2D eigenvalue weighted by Crippen LogP contribution is 2.25. The number of halogens is 3. The summed E-state index contributed by atoms with van der Waals surface area (Å²) in [4.78, 5) is 22.2. The van der Waals surface area contributed by atoms with Crippen LogP contribution in [0.25, 0.3) is 0 Å². The summed E-state index contributed by atoms with van der Waals surface area (Å²) >= 11 is 0. The van der Waals surface area contributed by atoms with Crippen molar-refractivity contribution in [2.24, 2.45) is 5.73 Å². The molecule has 0 unspecified atom stereocenters. The average molecular weight is 292 g/mol. The molecule has 6 nitrogen and oxygen atoms in total. The van der Waals surface area contributed by atoms with Crippen LogP contribution in [-0.2, 0) is 4.74 Å². The molecule has 0 atom stereocenters. The maximum Gasteiger partial charge on any atom is 0.422 e. The maximum atomic E-state index is 11.9. The first-order chi connectivity index (χ1) is 9.23. The molecule has 0 aliphatic rings. The van der Waals surface area contributed by atoms with Crippen molar-refractivity contribution < 1.29 is 32.2 Å². The van der Waals surface area contributed by atoms with Gasteiger partial charge in [-0.15, -0.1) is 0 Å². The monoisotopic (exact) mass is 292 g/mol. The van der Waals surface area contributed by atoms with Crippen LogP contribution in [0, 0.1) is 0 Å². The van der Waals surface area contributed by atoms with E-state index in [0.29, 0.717) is 0 Å². The summed E-state index contributed by atoms with van der Waals surface area (Å²) < 4.78 is 44.5. The maximum absolute atomic E-state index is 11.9. The third-order valence-corrected chi connectivity index (χ3v) is 2.09. The molecule has 20 heavy (non-hydrogen) atoms. The Balaban J connectivity index is 2.82. The SMILES string of the molecule is COc1ccc(C(N)=O)cc1NC(=O)OCC(F)(F)F. The van der Waals surface area contributed by atoms with Crippen LogP contribution in [0.1, 0.15) is 10.4 Å². The highest BCUT2D eigenvalue weighted by atomic mass is 19.4. The lowest BCUT2D eigenvalue weighted by atomic mass is 10.2. The molecule has 0 aliphatic heterocycles. The van der Waals surface area contributed by atoms with Crippen LogP contribution in [0.5, 0.6) is 5.75 Å². The lowest BCUT2D eigenvalue weighted by Gasteiger charge is -2.12. The number of rotatable bonds is 4. The number of amides is 2. The molecule has 9 heteroatoms. The van der Waals surface area contributed by atoms with Crippen LogP contribution in [0.3, 0.4) is 0 Å². The van der Waals surface area contributed by atoms with Crippen molar-refractivity contribution in [1.82, 2.24) is 0 Å². The van der Waals surface area contributed by atoms with Gasteiger partial charge in [-0.2, -0.15) is 13.2 Å².